The molecule has 2 fully saturated rings. The lowest BCUT2D eigenvalue weighted by atomic mass is 9.64. The third-order valence-corrected chi connectivity index (χ3v) is 16.1. The van der Waals surface area contributed by atoms with Gasteiger partial charge in [0.05, 0.1) is 29.0 Å². The van der Waals surface area contributed by atoms with Crippen LogP contribution in [-0.4, -0.2) is 75.9 Å². The number of benzene rings is 2. The smallest absolute Gasteiger partial charge is 0.264 e. The largest absolute Gasteiger partial charge is 0.490 e. The van der Waals surface area contributed by atoms with E-state index in [0.29, 0.717) is 55.4 Å². The van der Waals surface area contributed by atoms with Crippen LogP contribution in [0.4, 0.5) is 5.69 Å². The first-order valence-electron chi connectivity index (χ1n) is 18.4. The number of hydrogen-bond acceptors (Lipinski definition) is 9. The monoisotopic (exact) mass is 769 g/mol. The maximum absolute atomic E-state index is 13.5. The Hall–Kier alpha value is -3.24. The number of halogens is 1. The van der Waals surface area contributed by atoms with E-state index in [1.807, 2.05) is 19.1 Å². The van der Waals surface area contributed by atoms with Crippen molar-refractivity contribution in [1.29, 1.82) is 0 Å². The second-order valence-corrected chi connectivity index (χ2v) is 20.5. The van der Waals surface area contributed by atoms with E-state index in [1.165, 1.54) is 11.1 Å². The Morgan fingerprint density at radius 3 is 2.60 bits per heavy atom. The molecule has 3 N–H and O–H groups in total. The number of nitrogens with zero attached hydrogens (tertiary/aromatic N) is 1. The van der Waals surface area contributed by atoms with Gasteiger partial charge in [0.2, 0.25) is 10.0 Å². The quantitative estimate of drug-likeness (QED) is 0.213. The van der Waals surface area contributed by atoms with Crippen molar-refractivity contribution in [1.82, 2.24) is 10.0 Å². The molecule has 280 valence electrons. The Labute approximate surface area is 312 Å². The lowest BCUT2D eigenvalue weighted by molar-refractivity contribution is -0.00330. The number of fused-ring (bicyclic) bond motifs is 4. The van der Waals surface area contributed by atoms with Crippen molar-refractivity contribution in [3.8, 4) is 17.7 Å². The maximum Gasteiger partial charge on any atom is 0.264 e. The summed E-state index contributed by atoms with van der Waals surface area (Å²) in [7, 11) is -7.07. The summed E-state index contributed by atoms with van der Waals surface area (Å²) < 4.78 is 59.8. The normalized spacial score (nSPS) is 33.4. The van der Waals surface area contributed by atoms with Crippen molar-refractivity contribution in [2.24, 2.45) is 17.8 Å². The van der Waals surface area contributed by atoms with Crippen LogP contribution in [0.15, 0.2) is 48.6 Å². The highest BCUT2D eigenvalue weighted by atomic mass is 35.5. The molecule has 2 aliphatic carbocycles. The zero-order valence-electron chi connectivity index (χ0n) is 29.7. The molecule has 2 aromatic carbocycles. The molecule has 2 bridgehead atoms. The number of allylic oxidation sites excluding steroid dienone is 1. The van der Waals surface area contributed by atoms with Crippen molar-refractivity contribution in [3.05, 3.63) is 70.3 Å². The molecule has 10 nitrogen and oxygen atoms in total. The number of hydrogen-bond donors (Lipinski definition) is 3. The van der Waals surface area contributed by atoms with Gasteiger partial charge in [-0.1, -0.05) is 30.7 Å². The van der Waals surface area contributed by atoms with E-state index < -0.39 is 36.6 Å². The molecule has 7 rings (SSSR count). The van der Waals surface area contributed by atoms with Gasteiger partial charge in [-0.15, -0.1) is 0 Å². The summed E-state index contributed by atoms with van der Waals surface area (Å²) in [5.41, 5.74) is 1.47. The molecular weight excluding hydrogens is 722 g/mol. The van der Waals surface area contributed by atoms with Crippen molar-refractivity contribution in [3.63, 3.8) is 0 Å². The molecule has 0 radical (unpaired) electrons. The molecule has 52 heavy (non-hydrogen) atoms. The third kappa shape index (κ3) is 7.43. The standard InChI is InChI=1S/C39H48ClN3O7S2/c1-26-5-3-16-39(45,17-18-41-32-13-19-51(46,47)20-14-32)34-10-7-30(34)23-43-24-38(15-4-6-28-21-31(40)9-11-33(28)38)25-50-36-12-8-29(22-35(36)43)37(44)42-52(48,49)27(26)2/h3,8-9,11-12,16,21-22,26-27,30,32,34,41,45H,4-7,10,13-15,19-20,23-25H2,1-2H3,(H,42,44)/b16-3+/t26-,27+,30-,34+,38-,39+/m0/s1. The van der Waals surface area contributed by atoms with Crippen LogP contribution in [0.2, 0.25) is 5.02 Å². The van der Waals surface area contributed by atoms with E-state index in [2.05, 4.69) is 33.0 Å². The van der Waals surface area contributed by atoms with Gasteiger partial charge in [-0.2, -0.15) is 0 Å². The van der Waals surface area contributed by atoms with Gasteiger partial charge in [0, 0.05) is 47.1 Å². The van der Waals surface area contributed by atoms with E-state index >= 15 is 0 Å². The molecule has 1 saturated carbocycles. The van der Waals surface area contributed by atoms with E-state index in [1.54, 1.807) is 37.3 Å². The highest BCUT2D eigenvalue weighted by Gasteiger charge is 2.48. The molecule has 2 aromatic rings. The number of carbonyl (C=O) groups excluding carboxylic acids is 1. The summed E-state index contributed by atoms with van der Waals surface area (Å²) in [6, 6.07) is 14.1. The van der Waals surface area contributed by atoms with Gasteiger partial charge in [0.1, 0.15) is 21.2 Å². The number of sulfonamides is 1. The van der Waals surface area contributed by atoms with Crippen LogP contribution >= 0.6 is 11.6 Å². The fourth-order valence-corrected chi connectivity index (χ4v) is 11.6. The molecule has 3 heterocycles. The summed E-state index contributed by atoms with van der Waals surface area (Å²) in [5, 5.41) is 15.3. The maximum atomic E-state index is 13.5. The van der Waals surface area contributed by atoms with Gasteiger partial charge < -0.3 is 20.1 Å². The van der Waals surface area contributed by atoms with Gasteiger partial charge in [-0.25, -0.2) is 21.6 Å². The fourth-order valence-electron chi connectivity index (χ4n) is 8.68. The van der Waals surface area contributed by atoms with Crippen LogP contribution in [-0.2, 0) is 31.7 Å². The number of sulfone groups is 1. The Morgan fingerprint density at radius 2 is 1.85 bits per heavy atom. The number of nitrogens with one attached hydrogen (secondary N) is 2. The Kier molecular flexibility index (Phi) is 10.1. The predicted octanol–water partition coefficient (Wildman–Crippen LogP) is 4.74. The first-order chi connectivity index (χ1) is 24.7. The van der Waals surface area contributed by atoms with E-state index in [0.717, 1.165) is 32.1 Å². The van der Waals surface area contributed by atoms with E-state index in [-0.39, 0.29) is 46.3 Å². The predicted molar refractivity (Wildman–Crippen MR) is 203 cm³/mol. The lowest BCUT2D eigenvalue weighted by Crippen LogP contribution is -2.52. The molecular formula is C39H48ClN3O7S2. The summed E-state index contributed by atoms with van der Waals surface area (Å²) in [4.78, 5) is 15.8. The molecule has 13 heteroatoms. The fraction of sp³-hybridized carbons (Fsp3) is 0.564. The second-order valence-electron chi connectivity index (χ2n) is 15.7. The minimum atomic E-state index is -4.04. The lowest BCUT2D eigenvalue weighted by Gasteiger charge is -2.47. The van der Waals surface area contributed by atoms with Gasteiger partial charge in [0.25, 0.3) is 5.91 Å². The highest BCUT2D eigenvalue weighted by molar-refractivity contribution is 7.91. The van der Waals surface area contributed by atoms with Crippen molar-refractivity contribution in [2.45, 2.75) is 87.5 Å². The summed E-state index contributed by atoms with van der Waals surface area (Å²) in [6.07, 6.45) is 9.20. The van der Waals surface area contributed by atoms with Crippen LogP contribution in [0.1, 0.15) is 80.3 Å². The molecule has 6 atom stereocenters. The molecule has 3 aliphatic heterocycles. The van der Waals surface area contributed by atoms with Gasteiger partial charge >= 0.3 is 0 Å². The SMILES string of the molecule is C[C@@H]1[C@@H](C)C/C=C/[C@@](O)(C#CNC2CCS(=O)(=O)CC2)[C@@H]2CC[C@H]2CN2C[C@@]3(CCCc4cc(Cl)ccc43)COc3ccc(cc32)C(=O)NS1(=O)=O. The van der Waals surface area contributed by atoms with E-state index in [4.69, 9.17) is 16.3 Å². The topological polar surface area (TPSA) is 142 Å². The van der Waals surface area contributed by atoms with Crippen LogP contribution in [0.3, 0.4) is 0 Å². The number of amides is 1. The number of aryl methyl sites for hydroxylation is 1. The summed E-state index contributed by atoms with van der Waals surface area (Å²) in [6.45, 7) is 4.99. The Bertz CT molecular complexity index is 2030. The van der Waals surface area contributed by atoms with Gasteiger partial charge in [-0.05, 0) is 124 Å². The van der Waals surface area contributed by atoms with Crippen molar-refractivity contribution < 1.29 is 31.5 Å². The minimum absolute atomic E-state index is 0.0437. The van der Waals surface area contributed by atoms with Crippen LogP contribution in [0.25, 0.3) is 0 Å². The first kappa shape index (κ1) is 37.1. The number of ether oxygens (including phenoxy) is 1. The zero-order valence-corrected chi connectivity index (χ0v) is 32.1. The number of rotatable bonds is 1. The molecule has 5 aliphatic rings. The van der Waals surface area contributed by atoms with Crippen molar-refractivity contribution in [2.75, 3.05) is 36.1 Å². The average molecular weight is 770 g/mol. The Balaban J connectivity index is 1.27. The molecule has 0 unspecified atom stereocenters. The number of aliphatic hydroxyl groups is 1. The van der Waals surface area contributed by atoms with Gasteiger partial charge in [0.15, 0.2) is 0 Å². The Morgan fingerprint density at radius 1 is 1.06 bits per heavy atom. The summed E-state index contributed by atoms with van der Waals surface area (Å²) in [5.74, 6) is 2.74. The van der Waals surface area contributed by atoms with Crippen LogP contribution in [0.5, 0.6) is 5.75 Å². The zero-order chi connectivity index (χ0) is 36.9. The molecule has 1 spiro atoms. The van der Waals surface area contributed by atoms with Crippen molar-refractivity contribution >= 4 is 43.1 Å². The first-order valence-corrected chi connectivity index (χ1v) is 22.2. The molecule has 0 aromatic heterocycles. The molecule has 1 amide bonds. The molecule has 1 saturated heterocycles. The highest BCUT2D eigenvalue weighted by Crippen LogP contribution is 2.48. The second kappa shape index (κ2) is 14.2. The number of anilines is 1. The summed E-state index contributed by atoms with van der Waals surface area (Å²) >= 11 is 6.44. The van der Waals surface area contributed by atoms with Gasteiger partial charge in [-0.3, -0.25) is 4.79 Å². The minimum Gasteiger partial charge on any atom is -0.490 e. The third-order valence-electron chi connectivity index (χ3n) is 12.2. The van der Waals surface area contributed by atoms with E-state index in [9.17, 15) is 26.7 Å². The van der Waals surface area contributed by atoms with Crippen LogP contribution < -0.4 is 19.7 Å². The average Bonchev–Trinajstić information content (AvgIpc) is 3.23. The number of carbonyl (C=O) groups is 1. The van der Waals surface area contributed by atoms with Crippen LogP contribution in [0, 0.1) is 29.7 Å².